The second-order valence-corrected chi connectivity index (χ2v) is 8.11. The van der Waals surface area contributed by atoms with Gasteiger partial charge in [-0.2, -0.15) is 0 Å². The van der Waals surface area contributed by atoms with Crippen LogP contribution >= 0.6 is 11.8 Å². The Morgan fingerprint density at radius 1 is 1.26 bits per heavy atom. The van der Waals surface area contributed by atoms with Gasteiger partial charge in [-0.25, -0.2) is 0 Å². The van der Waals surface area contributed by atoms with E-state index in [2.05, 4.69) is 35.4 Å². The van der Waals surface area contributed by atoms with Crippen LogP contribution < -0.4 is 0 Å². The van der Waals surface area contributed by atoms with Crippen molar-refractivity contribution in [2.24, 2.45) is 11.8 Å². The van der Waals surface area contributed by atoms with Gasteiger partial charge in [-0.05, 0) is 18.8 Å². The molecule has 0 aromatic rings. The SMILES string of the molecule is CC(C)CN1CCSC12CCCN(C(=O)C(C)C)C2. The molecule has 0 N–H and O–H groups in total. The Kier molecular flexibility index (Phi) is 4.83. The number of nitrogens with zero attached hydrogens (tertiary/aromatic N) is 2. The third kappa shape index (κ3) is 3.27. The standard InChI is InChI=1S/C15H28N2OS/c1-12(2)10-17-8-9-19-15(17)6-5-7-16(11-15)14(18)13(3)4/h12-13H,5-11H2,1-4H3. The van der Waals surface area contributed by atoms with Crippen LogP contribution in [0, 0.1) is 11.8 Å². The van der Waals surface area contributed by atoms with Crippen molar-refractivity contribution in [1.82, 2.24) is 9.80 Å². The van der Waals surface area contributed by atoms with Gasteiger partial charge in [-0.3, -0.25) is 9.69 Å². The third-order valence-corrected chi connectivity index (χ3v) is 5.65. The molecule has 1 atom stereocenters. The molecule has 110 valence electrons. The molecule has 1 spiro atoms. The minimum atomic E-state index is 0.125. The Labute approximate surface area is 122 Å². The van der Waals surface area contributed by atoms with Crippen LogP contribution in [0.1, 0.15) is 40.5 Å². The van der Waals surface area contributed by atoms with Crippen LogP contribution in [-0.2, 0) is 4.79 Å². The summed E-state index contributed by atoms with van der Waals surface area (Å²) in [6, 6.07) is 0. The summed E-state index contributed by atoms with van der Waals surface area (Å²) >= 11 is 2.08. The molecule has 0 radical (unpaired) electrons. The molecule has 3 nitrogen and oxygen atoms in total. The van der Waals surface area contributed by atoms with Gasteiger partial charge in [0.15, 0.2) is 0 Å². The number of rotatable bonds is 3. The number of carbonyl (C=O) groups is 1. The zero-order valence-corrected chi connectivity index (χ0v) is 13.6. The first-order valence-electron chi connectivity index (χ1n) is 7.62. The maximum atomic E-state index is 12.3. The Morgan fingerprint density at radius 3 is 2.63 bits per heavy atom. The molecule has 2 aliphatic rings. The predicted octanol–water partition coefficient (Wildman–Crippen LogP) is 2.67. The molecule has 4 heteroatoms. The predicted molar refractivity (Wildman–Crippen MR) is 82.3 cm³/mol. The monoisotopic (exact) mass is 284 g/mol. The zero-order chi connectivity index (χ0) is 14.0. The Bertz CT molecular complexity index is 332. The maximum Gasteiger partial charge on any atom is 0.225 e. The van der Waals surface area contributed by atoms with Gasteiger partial charge >= 0.3 is 0 Å². The highest BCUT2D eigenvalue weighted by atomic mass is 32.2. The molecular weight excluding hydrogens is 256 g/mol. The lowest BCUT2D eigenvalue weighted by Crippen LogP contribution is -2.56. The highest BCUT2D eigenvalue weighted by Gasteiger charge is 2.45. The summed E-state index contributed by atoms with van der Waals surface area (Å²) in [5.74, 6) is 2.37. The van der Waals surface area contributed by atoms with Crippen LogP contribution in [0.15, 0.2) is 0 Å². The number of amides is 1. The van der Waals surface area contributed by atoms with Gasteiger partial charge in [0.05, 0.1) is 4.87 Å². The maximum absolute atomic E-state index is 12.3. The van der Waals surface area contributed by atoms with Crippen molar-refractivity contribution < 1.29 is 4.79 Å². The highest BCUT2D eigenvalue weighted by molar-refractivity contribution is 8.00. The quantitative estimate of drug-likeness (QED) is 0.796. The van der Waals surface area contributed by atoms with Crippen molar-refractivity contribution in [2.75, 3.05) is 31.9 Å². The average molecular weight is 284 g/mol. The fraction of sp³-hybridized carbons (Fsp3) is 0.933. The summed E-state index contributed by atoms with van der Waals surface area (Å²) in [6.45, 7) is 12.8. The van der Waals surface area contributed by atoms with Gasteiger partial charge in [0.2, 0.25) is 5.91 Å². The fourth-order valence-electron chi connectivity index (χ4n) is 3.27. The molecular formula is C15H28N2OS. The van der Waals surface area contributed by atoms with E-state index in [1.54, 1.807) is 0 Å². The van der Waals surface area contributed by atoms with Gasteiger partial charge in [0.1, 0.15) is 0 Å². The second-order valence-electron chi connectivity index (χ2n) is 6.65. The first kappa shape index (κ1) is 15.2. The summed E-state index contributed by atoms with van der Waals surface area (Å²) in [5.41, 5.74) is 0. The molecule has 2 heterocycles. The summed E-state index contributed by atoms with van der Waals surface area (Å²) in [5, 5.41) is 0. The molecule has 1 amide bonds. The molecule has 2 fully saturated rings. The lowest BCUT2D eigenvalue weighted by atomic mass is 10.0. The van der Waals surface area contributed by atoms with Crippen LogP contribution in [0.4, 0.5) is 0 Å². The number of thioether (sulfide) groups is 1. The molecule has 2 saturated heterocycles. The molecule has 0 aromatic carbocycles. The van der Waals surface area contributed by atoms with Crippen LogP contribution in [0.2, 0.25) is 0 Å². The summed E-state index contributed by atoms with van der Waals surface area (Å²) in [7, 11) is 0. The minimum absolute atomic E-state index is 0.125. The molecule has 0 aliphatic carbocycles. The van der Waals surface area contributed by atoms with Crippen LogP contribution in [0.3, 0.4) is 0 Å². The van der Waals surface area contributed by atoms with E-state index in [1.807, 2.05) is 13.8 Å². The van der Waals surface area contributed by atoms with E-state index in [0.29, 0.717) is 11.8 Å². The minimum Gasteiger partial charge on any atom is -0.340 e. The van der Waals surface area contributed by atoms with Crippen LogP contribution in [-0.4, -0.2) is 52.5 Å². The average Bonchev–Trinajstić information content (AvgIpc) is 2.70. The largest absolute Gasteiger partial charge is 0.340 e. The van der Waals surface area contributed by atoms with E-state index in [9.17, 15) is 4.79 Å². The van der Waals surface area contributed by atoms with Crippen LogP contribution in [0.25, 0.3) is 0 Å². The fourth-order valence-corrected chi connectivity index (χ4v) is 4.85. The number of piperidine rings is 1. The Balaban J connectivity index is 2.08. The van der Waals surface area contributed by atoms with Crippen molar-refractivity contribution in [3.8, 4) is 0 Å². The van der Waals surface area contributed by atoms with Crippen molar-refractivity contribution in [2.45, 2.75) is 45.4 Å². The van der Waals surface area contributed by atoms with E-state index in [1.165, 1.54) is 18.7 Å². The van der Waals surface area contributed by atoms with Crippen LogP contribution in [0.5, 0.6) is 0 Å². The lowest BCUT2D eigenvalue weighted by Gasteiger charge is -2.46. The number of hydrogen-bond acceptors (Lipinski definition) is 3. The molecule has 1 unspecified atom stereocenters. The van der Waals surface area contributed by atoms with E-state index >= 15 is 0 Å². The van der Waals surface area contributed by atoms with Crippen molar-refractivity contribution in [3.63, 3.8) is 0 Å². The topological polar surface area (TPSA) is 23.6 Å². The molecule has 0 aromatic heterocycles. The summed E-state index contributed by atoms with van der Waals surface area (Å²) in [4.78, 5) is 17.2. The second kappa shape index (κ2) is 6.04. The van der Waals surface area contributed by atoms with Gasteiger partial charge < -0.3 is 4.90 Å². The van der Waals surface area contributed by atoms with Gasteiger partial charge in [-0.15, -0.1) is 11.8 Å². The Morgan fingerprint density at radius 2 is 2.00 bits per heavy atom. The highest BCUT2D eigenvalue weighted by Crippen LogP contribution is 2.43. The Hall–Kier alpha value is -0.220. The van der Waals surface area contributed by atoms with E-state index in [0.717, 1.165) is 26.1 Å². The van der Waals surface area contributed by atoms with Crippen molar-refractivity contribution >= 4 is 17.7 Å². The van der Waals surface area contributed by atoms with Gasteiger partial charge in [0, 0.05) is 37.8 Å². The molecule has 0 saturated carbocycles. The zero-order valence-electron chi connectivity index (χ0n) is 12.8. The molecule has 2 rings (SSSR count). The summed E-state index contributed by atoms with van der Waals surface area (Å²) in [6.07, 6.45) is 2.40. The van der Waals surface area contributed by atoms with Crippen molar-refractivity contribution in [3.05, 3.63) is 0 Å². The molecule has 2 aliphatic heterocycles. The normalized spacial score (nSPS) is 28.8. The van der Waals surface area contributed by atoms with Gasteiger partial charge in [-0.1, -0.05) is 27.7 Å². The lowest BCUT2D eigenvalue weighted by molar-refractivity contribution is -0.137. The van der Waals surface area contributed by atoms with E-state index in [-0.39, 0.29) is 10.8 Å². The summed E-state index contributed by atoms with van der Waals surface area (Å²) < 4.78 is 0. The van der Waals surface area contributed by atoms with Crippen molar-refractivity contribution in [1.29, 1.82) is 0 Å². The smallest absolute Gasteiger partial charge is 0.225 e. The van der Waals surface area contributed by atoms with E-state index in [4.69, 9.17) is 0 Å². The van der Waals surface area contributed by atoms with Gasteiger partial charge in [0.25, 0.3) is 0 Å². The molecule has 19 heavy (non-hydrogen) atoms. The molecule has 0 bridgehead atoms. The number of hydrogen-bond donors (Lipinski definition) is 0. The first-order chi connectivity index (χ1) is 8.94. The first-order valence-corrected chi connectivity index (χ1v) is 8.61. The van der Waals surface area contributed by atoms with E-state index < -0.39 is 0 Å². The number of carbonyl (C=O) groups excluding carboxylic acids is 1. The number of likely N-dealkylation sites (tertiary alicyclic amines) is 1. The third-order valence-electron chi connectivity index (χ3n) is 4.13.